The van der Waals surface area contributed by atoms with Gasteiger partial charge in [0.2, 0.25) is 11.7 Å². The summed E-state index contributed by atoms with van der Waals surface area (Å²) in [6, 6.07) is 1.91. The Labute approximate surface area is 99.5 Å². The van der Waals surface area contributed by atoms with Crippen LogP contribution in [-0.4, -0.2) is 26.8 Å². The van der Waals surface area contributed by atoms with Gasteiger partial charge in [0, 0.05) is 31.0 Å². The molecule has 0 aromatic carbocycles. The molecule has 5 nitrogen and oxygen atoms in total. The van der Waals surface area contributed by atoms with Gasteiger partial charge in [0.25, 0.3) is 0 Å². The maximum Gasteiger partial charge on any atom is 0.226 e. The van der Waals surface area contributed by atoms with E-state index in [2.05, 4.69) is 15.1 Å². The predicted molar refractivity (Wildman–Crippen MR) is 62.3 cm³/mol. The van der Waals surface area contributed by atoms with Crippen molar-refractivity contribution in [1.82, 2.24) is 15.1 Å². The monoisotopic (exact) mass is 233 g/mol. The summed E-state index contributed by atoms with van der Waals surface area (Å²) >= 11 is 0. The molecule has 0 spiro atoms. The summed E-state index contributed by atoms with van der Waals surface area (Å²) in [6.45, 7) is 2.18. The first kappa shape index (κ1) is 11.7. The fourth-order valence-corrected chi connectivity index (χ4v) is 1.55. The molecule has 0 atom stereocenters. The fourth-order valence-electron chi connectivity index (χ4n) is 1.55. The molecule has 2 heterocycles. The van der Waals surface area contributed by atoms with E-state index in [4.69, 9.17) is 9.63 Å². The fraction of sp³-hybridized carbons (Fsp3) is 0.417. The summed E-state index contributed by atoms with van der Waals surface area (Å²) in [5.74, 6) is 1.19. The third-order valence-corrected chi connectivity index (χ3v) is 2.55. The van der Waals surface area contributed by atoms with Gasteiger partial charge in [0.15, 0.2) is 0 Å². The molecule has 5 heteroatoms. The number of aliphatic hydroxyl groups excluding tert-OH is 1. The van der Waals surface area contributed by atoms with Gasteiger partial charge < -0.3 is 9.63 Å². The molecule has 0 radical (unpaired) electrons. The molecule has 1 N–H and O–H groups in total. The number of hydrogen-bond acceptors (Lipinski definition) is 5. The van der Waals surface area contributed by atoms with E-state index in [0.29, 0.717) is 18.1 Å². The van der Waals surface area contributed by atoms with Crippen LogP contribution in [0.2, 0.25) is 0 Å². The van der Waals surface area contributed by atoms with Crippen LogP contribution in [-0.2, 0) is 6.42 Å². The van der Waals surface area contributed by atoms with Gasteiger partial charge in [-0.25, -0.2) is 0 Å². The second-order valence-electron chi connectivity index (χ2n) is 3.88. The Hall–Kier alpha value is -1.75. The highest BCUT2D eigenvalue weighted by Gasteiger charge is 2.10. The summed E-state index contributed by atoms with van der Waals surface area (Å²) < 4.78 is 5.15. The van der Waals surface area contributed by atoms with Gasteiger partial charge >= 0.3 is 0 Å². The first-order chi connectivity index (χ1) is 8.31. The molecule has 17 heavy (non-hydrogen) atoms. The Bertz CT molecular complexity index is 482. The molecule has 0 aliphatic carbocycles. The lowest BCUT2D eigenvalue weighted by Crippen LogP contribution is -1.90. The summed E-state index contributed by atoms with van der Waals surface area (Å²) in [4.78, 5) is 8.37. The van der Waals surface area contributed by atoms with Crippen LogP contribution >= 0.6 is 0 Å². The average Bonchev–Trinajstić information content (AvgIpc) is 2.79. The van der Waals surface area contributed by atoms with E-state index < -0.39 is 0 Å². The molecule has 0 aliphatic heterocycles. The number of aryl methyl sites for hydroxylation is 2. The lowest BCUT2D eigenvalue weighted by molar-refractivity contribution is 0.281. The van der Waals surface area contributed by atoms with Crippen molar-refractivity contribution in [3.63, 3.8) is 0 Å². The van der Waals surface area contributed by atoms with Crippen molar-refractivity contribution in [2.24, 2.45) is 0 Å². The lowest BCUT2D eigenvalue weighted by atomic mass is 10.1. The molecule has 2 aromatic heterocycles. The van der Waals surface area contributed by atoms with Crippen LogP contribution in [0, 0.1) is 6.92 Å². The van der Waals surface area contributed by atoms with Crippen molar-refractivity contribution in [3.8, 4) is 11.4 Å². The minimum Gasteiger partial charge on any atom is -0.396 e. The molecule has 0 saturated heterocycles. The number of aromatic nitrogens is 3. The Morgan fingerprint density at radius 3 is 3.00 bits per heavy atom. The third-order valence-electron chi connectivity index (χ3n) is 2.55. The van der Waals surface area contributed by atoms with Gasteiger partial charge in [0.05, 0.1) is 0 Å². The van der Waals surface area contributed by atoms with Crippen molar-refractivity contribution < 1.29 is 9.63 Å². The summed E-state index contributed by atoms with van der Waals surface area (Å²) in [6.07, 6.45) is 5.78. The van der Waals surface area contributed by atoms with E-state index in [-0.39, 0.29) is 6.61 Å². The molecule has 0 saturated carbocycles. The molecule has 0 amide bonds. The van der Waals surface area contributed by atoms with Crippen LogP contribution in [0.25, 0.3) is 11.4 Å². The molecule has 2 rings (SSSR count). The first-order valence-corrected chi connectivity index (χ1v) is 5.65. The van der Waals surface area contributed by atoms with Crippen LogP contribution in [0.3, 0.4) is 0 Å². The third kappa shape index (κ3) is 2.88. The average molecular weight is 233 g/mol. The molecule has 0 fully saturated rings. The van der Waals surface area contributed by atoms with E-state index in [9.17, 15) is 0 Å². The zero-order valence-corrected chi connectivity index (χ0v) is 9.76. The van der Waals surface area contributed by atoms with Gasteiger partial charge in [-0.3, -0.25) is 4.98 Å². The molecule has 0 bridgehead atoms. The highest BCUT2D eigenvalue weighted by molar-refractivity contribution is 5.57. The maximum atomic E-state index is 8.69. The van der Waals surface area contributed by atoms with Crippen molar-refractivity contribution >= 4 is 0 Å². The van der Waals surface area contributed by atoms with Crippen LogP contribution in [0.1, 0.15) is 24.3 Å². The van der Waals surface area contributed by atoms with Gasteiger partial charge in [-0.15, -0.1) is 0 Å². The standard InChI is InChI=1S/C12H15N3O2/c1-9-5-6-13-8-10(9)12-14-11(17-15-12)4-2-3-7-16/h5-6,8,16H,2-4,7H2,1H3. The minimum absolute atomic E-state index is 0.197. The minimum atomic E-state index is 0.197. The van der Waals surface area contributed by atoms with Gasteiger partial charge in [-0.05, 0) is 31.4 Å². The van der Waals surface area contributed by atoms with E-state index in [1.807, 2.05) is 13.0 Å². The number of unbranched alkanes of at least 4 members (excludes halogenated alkanes) is 1. The number of nitrogens with zero attached hydrogens (tertiary/aromatic N) is 3. The van der Waals surface area contributed by atoms with Crippen LogP contribution < -0.4 is 0 Å². The quantitative estimate of drug-likeness (QED) is 0.796. The summed E-state index contributed by atoms with van der Waals surface area (Å²) in [5, 5.41) is 12.6. The van der Waals surface area contributed by atoms with Crippen LogP contribution in [0.5, 0.6) is 0 Å². The smallest absolute Gasteiger partial charge is 0.226 e. The van der Waals surface area contributed by atoms with E-state index in [0.717, 1.165) is 24.0 Å². The summed E-state index contributed by atoms with van der Waals surface area (Å²) in [7, 11) is 0. The maximum absolute atomic E-state index is 8.69. The zero-order valence-electron chi connectivity index (χ0n) is 9.76. The normalized spacial score (nSPS) is 10.7. The molecular weight excluding hydrogens is 218 g/mol. The van der Waals surface area contributed by atoms with E-state index in [1.54, 1.807) is 12.4 Å². The summed E-state index contributed by atoms with van der Waals surface area (Å²) in [5.41, 5.74) is 1.97. The molecular formula is C12H15N3O2. The van der Waals surface area contributed by atoms with Crippen LogP contribution in [0.4, 0.5) is 0 Å². The first-order valence-electron chi connectivity index (χ1n) is 5.65. The number of hydrogen-bond donors (Lipinski definition) is 1. The Morgan fingerprint density at radius 1 is 1.35 bits per heavy atom. The largest absolute Gasteiger partial charge is 0.396 e. The highest BCUT2D eigenvalue weighted by Crippen LogP contribution is 2.19. The van der Waals surface area contributed by atoms with Gasteiger partial charge in [-0.1, -0.05) is 5.16 Å². The zero-order chi connectivity index (χ0) is 12.1. The Kier molecular flexibility index (Phi) is 3.82. The molecule has 0 aliphatic rings. The van der Waals surface area contributed by atoms with Crippen LogP contribution in [0.15, 0.2) is 23.0 Å². The second-order valence-corrected chi connectivity index (χ2v) is 3.88. The van der Waals surface area contributed by atoms with Crippen molar-refractivity contribution in [1.29, 1.82) is 0 Å². The Balaban J connectivity index is 2.10. The molecule has 2 aromatic rings. The lowest BCUT2D eigenvalue weighted by Gasteiger charge is -1.97. The van der Waals surface area contributed by atoms with Crippen molar-refractivity contribution in [2.75, 3.05) is 6.61 Å². The highest BCUT2D eigenvalue weighted by atomic mass is 16.5. The van der Waals surface area contributed by atoms with Gasteiger partial charge in [0.1, 0.15) is 0 Å². The number of aliphatic hydroxyl groups is 1. The Morgan fingerprint density at radius 2 is 2.24 bits per heavy atom. The van der Waals surface area contributed by atoms with E-state index >= 15 is 0 Å². The van der Waals surface area contributed by atoms with Gasteiger partial charge in [-0.2, -0.15) is 4.98 Å². The number of pyridine rings is 1. The second kappa shape index (κ2) is 5.54. The molecule has 90 valence electrons. The SMILES string of the molecule is Cc1ccncc1-c1noc(CCCCO)n1. The predicted octanol–water partition coefficient (Wildman–Crippen LogP) is 1.76. The molecule has 0 unspecified atom stereocenters. The van der Waals surface area contributed by atoms with Crippen molar-refractivity contribution in [2.45, 2.75) is 26.2 Å². The van der Waals surface area contributed by atoms with Crippen molar-refractivity contribution in [3.05, 3.63) is 29.9 Å². The van der Waals surface area contributed by atoms with E-state index in [1.165, 1.54) is 0 Å². The number of rotatable bonds is 5. The topological polar surface area (TPSA) is 72.0 Å².